The Morgan fingerprint density at radius 3 is 2.31 bits per heavy atom. The van der Waals surface area contributed by atoms with Crippen LogP contribution in [0.2, 0.25) is 10.0 Å². The monoisotopic (exact) mass is 539 g/mol. The van der Waals surface area contributed by atoms with Crippen molar-refractivity contribution in [3.63, 3.8) is 0 Å². The van der Waals surface area contributed by atoms with Crippen LogP contribution in [0.3, 0.4) is 0 Å². The predicted octanol–water partition coefficient (Wildman–Crippen LogP) is 3.76. The van der Waals surface area contributed by atoms with Crippen molar-refractivity contribution in [2.75, 3.05) is 0 Å². The molecular weight excluding hydrogens is 522 g/mol. The molecule has 0 spiro atoms. The van der Waals surface area contributed by atoms with Gasteiger partial charge in [-0.2, -0.15) is 18.3 Å². The van der Waals surface area contributed by atoms with Crippen LogP contribution in [0.15, 0.2) is 53.3 Å². The van der Waals surface area contributed by atoms with Gasteiger partial charge >= 0.3 is 11.9 Å². The highest BCUT2D eigenvalue weighted by atomic mass is 35.5. The number of amides is 1. The molecular formula is C22H18Cl2F3N7O2. The third kappa shape index (κ3) is 5.77. The zero-order chi connectivity index (χ0) is 26.0. The van der Waals surface area contributed by atoms with Crippen molar-refractivity contribution in [2.24, 2.45) is 5.73 Å². The Labute approximate surface area is 211 Å². The minimum atomic E-state index is -4.47. The fraction of sp³-hybridized carbons (Fsp3) is 0.227. The maximum absolute atomic E-state index is 13.1. The number of carbonyl (C=O) groups is 1. The second-order valence-electron chi connectivity index (χ2n) is 7.74. The van der Waals surface area contributed by atoms with Crippen molar-refractivity contribution >= 4 is 29.1 Å². The van der Waals surface area contributed by atoms with E-state index in [2.05, 4.69) is 15.2 Å². The zero-order valence-corrected chi connectivity index (χ0v) is 19.9. The lowest BCUT2D eigenvalue weighted by Gasteiger charge is -2.08. The van der Waals surface area contributed by atoms with Crippen molar-refractivity contribution < 1.29 is 18.0 Å². The number of hydrogen-bond donors (Lipinski definition) is 1. The van der Waals surface area contributed by atoms with Crippen LogP contribution >= 0.6 is 23.2 Å². The summed E-state index contributed by atoms with van der Waals surface area (Å²) in [4.78, 5) is 29.0. The number of aromatic nitrogens is 6. The molecule has 188 valence electrons. The molecule has 4 aromatic rings. The number of primary amides is 1. The largest absolute Gasteiger partial charge is 0.390 e. The molecule has 0 atom stereocenters. The molecule has 2 aromatic carbocycles. The maximum Gasteiger partial charge on any atom is 0.390 e. The van der Waals surface area contributed by atoms with Gasteiger partial charge in [0.1, 0.15) is 13.1 Å². The smallest absolute Gasteiger partial charge is 0.368 e. The van der Waals surface area contributed by atoms with Crippen molar-refractivity contribution in [2.45, 2.75) is 32.2 Å². The summed E-state index contributed by atoms with van der Waals surface area (Å²) in [5.74, 6) is -0.338. The normalized spacial score (nSPS) is 11.7. The second-order valence-corrected chi connectivity index (χ2v) is 8.59. The number of rotatable bonds is 8. The molecule has 2 N–H and O–H groups in total. The average Bonchev–Trinajstić information content (AvgIpc) is 3.33. The predicted molar refractivity (Wildman–Crippen MR) is 126 cm³/mol. The van der Waals surface area contributed by atoms with Gasteiger partial charge in [-0.1, -0.05) is 35.3 Å². The highest BCUT2D eigenvalue weighted by molar-refractivity contribution is 6.33. The number of nitrogens with two attached hydrogens (primary N) is 1. The van der Waals surface area contributed by atoms with Crippen LogP contribution in [0, 0.1) is 0 Å². The third-order valence-electron chi connectivity index (χ3n) is 5.07. The Hall–Kier alpha value is -3.64. The molecule has 0 aliphatic rings. The van der Waals surface area contributed by atoms with Gasteiger partial charge in [-0.3, -0.25) is 9.36 Å². The van der Waals surface area contributed by atoms with E-state index in [9.17, 15) is 22.8 Å². The standard InChI is InChI=1S/C22H18Cl2F3N7O2/c23-14-7-5-13(6-8-14)19-31-34(21(36)32(19)10-9-22(25,26)27)12-18-29-20(33(30-18)11-17(28)35)15-3-1-2-4-16(15)24/h1-8H,9-12H2,(H2,28,35). The summed E-state index contributed by atoms with van der Waals surface area (Å²) < 4.78 is 41.9. The van der Waals surface area contributed by atoms with E-state index in [1.807, 2.05) is 0 Å². The van der Waals surface area contributed by atoms with Crippen molar-refractivity contribution in [1.29, 1.82) is 0 Å². The summed E-state index contributed by atoms with van der Waals surface area (Å²) in [7, 11) is 0. The molecule has 4 rings (SSSR count). The van der Waals surface area contributed by atoms with E-state index in [-0.39, 0.29) is 30.6 Å². The molecule has 9 nitrogen and oxygen atoms in total. The quantitative estimate of drug-likeness (QED) is 0.366. The summed E-state index contributed by atoms with van der Waals surface area (Å²) in [5.41, 5.74) is 5.43. The Morgan fingerprint density at radius 2 is 1.67 bits per heavy atom. The van der Waals surface area contributed by atoms with Crippen molar-refractivity contribution in [1.82, 2.24) is 29.1 Å². The minimum absolute atomic E-state index is 0.0313. The van der Waals surface area contributed by atoms with Gasteiger partial charge in [0, 0.05) is 22.7 Å². The lowest BCUT2D eigenvalue weighted by molar-refractivity contribution is -0.136. The molecule has 0 saturated heterocycles. The van der Waals surface area contributed by atoms with E-state index in [0.717, 1.165) is 9.25 Å². The van der Waals surface area contributed by atoms with Gasteiger partial charge in [-0.15, -0.1) is 5.10 Å². The molecule has 0 aliphatic heterocycles. The number of nitrogens with zero attached hydrogens (tertiary/aromatic N) is 6. The van der Waals surface area contributed by atoms with Crippen LogP contribution in [0.5, 0.6) is 0 Å². The molecule has 2 aromatic heterocycles. The van der Waals surface area contributed by atoms with E-state index in [4.69, 9.17) is 28.9 Å². The molecule has 0 fully saturated rings. The van der Waals surface area contributed by atoms with Crippen LogP contribution in [-0.2, 0) is 24.4 Å². The van der Waals surface area contributed by atoms with Gasteiger partial charge in [0.2, 0.25) is 5.91 Å². The van der Waals surface area contributed by atoms with Crippen molar-refractivity contribution in [3.8, 4) is 22.8 Å². The fourth-order valence-electron chi connectivity index (χ4n) is 3.49. The summed E-state index contributed by atoms with van der Waals surface area (Å²) in [5, 5.41) is 9.26. The van der Waals surface area contributed by atoms with Gasteiger partial charge in [-0.25, -0.2) is 19.1 Å². The first-order valence-corrected chi connectivity index (χ1v) is 11.2. The molecule has 0 unspecified atom stereocenters. The lowest BCUT2D eigenvalue weighted by Crippen LogP contribution is -2.27. The van der Waals surface area contributed by atoms with Crippen LogP contribution in [0.1, 0.15) is 12.2 Å². The lowest BCUT2D eigenvalue weighted by atomic mass is 10.2. The molecule has 14 heteroatoms. The maximum atomic E-state index is 13.1. The Kier molecular flexibility index (Phi) is 7.18. The minimum Gasteiger partial charge on any atom is -0.368 e. The van der Waals surface area contributed by atoms with E-state index in [1.54, 1.807) is 36.4 Å². The Balaban J connectivity index is 1.75. The van der Waals surface area contributed by atoms with E-state index in [1.165, 1.54) is 16.8 Å². The summed E-state index contributed by atoms with van der Waals surface area (Å²) in [6.07, 6.45) is -5.70. The first kappa shape index (κ1) is 25.5. The molecule has 36 heavy (non-hydrogen) atoms. The topological polar surface area (TPSA) is 114 Å². The van der Waals surface area contributed by atoms with Crippen LogP contribution < -0.4 is 11.4 Å². The number of carbonyl (C=O) groups excluding carboxylic acids is 1. The van der Waals surface area contributed by atoms with Crippen molar-refractivity contribution in [3.05, 3.63) is 74.9 Å². The first-order chi connectivity index (χ1) is 17.0. The van der Waals surface area contributed by atoms with E-state index < -0.39 is 30.7 Å². The molecule has 0 saturated carbocycles. The molecule has 1 amide bonds. The third-order valence-corrected chi connectivity index (χ3v) is 5.65. The van der Waals surface area contributed by atoms with E-state index in [0.29, 0.717) is 21.2 Å². The number of alkyl halides is 3. The molecule has 0 radical (unpaired) electrons. The fourth-order valence-corrected chi connectivity index (χ4v) is 3.83. The van der Waals surface area contributed by atoms with Crippen LogP contribution in [-0.4, -0.2) is 41.2 Å². The van der Waals surface area contributed by atoms with Gasteiger partial charge in [-0.05, 0) is 36.4 Å². The molecule has 0 bridgehead atoms. The molecule has 2 heterocycles. The number of halogens is 5. The highest BCUT2D eigenvalue weighted by Gasteiger charge is 2.29. The Bertz CT molecular complexity index is 1460. The summed E-state index contributed by atoms with van der Waals surface area (Å²) in [6, 6.07) is 12.9. The summed E-state index contributed by atoms with van der Waals surface area (Å²) >= 11 is 12.2. The highest BCUT2D eigenvalue weighted by Crippen LogP contribution is 2.27. The van der Waals surface area contributed by atoms with Crippen LogP contribution in [0.25, 0.3) is 22.8 Å². The van der Waals surface area contributed by atoms with Gasteiger partial charge in [0.05, 0.1) is 11.4 Å². The van der Waals surface area contributed by atoms with E-state index >= 15 is 0 Å². The zero-order valence-electron chi connectivity index (χ0n) is 18.4. The van der Waals surface area contributed by atoms with Gasteiger partial charge in [0.15, 0.2) is 17.5 Å². The van der Waals surface area contributed by atoms with Gasteiger partial charge in [0.25, 0.3) is 0 Å². The summed E-state index contributed by atoms with van der Waals surface area (Å²) in [6.45, 7) is -1.21. The average molecular weight is 540 g/mol. The SMILES string of the molecule is NC(=O)Cn1nc(Cn2nc(-c3ccc(Cl)cc3)n(CCC(F)(F)F)c2=O)nc1-c1ccccc1Cl. The van der Waals surface area contributed by atoms with Crippen LogP contribution in [0.4, 0.5) is 13.2 Å². The second kappa shape index (κ2) is 10.2. The Morgan fingerprint density at radius 1 is 0.972 bits per heavy atom. The number of hydrogen-bond acceptors (Lipinski definition) is 5. The first-order valence-electron chi connectivity index (χ1n) is 10.5. The number of benzene rings is 2. The van der Waals surface area contributed by atoms with Gasteiger partial charge < -0.3 is 5.73 Å². The molecule has 0 aliphatic carbocycles.